The molecule has 0 heterocycles. The predicted octanol–water partition coefficient (Wildman–Crippen LogP) is 3.15. The van der Waals surface area contributed by atoms with Crippen molar-refractivity contribution >= 4 is 34.2 Å². The van der Waals surface area contributed by atoms with Gasteiger partial charge in [-0.2, -0.15) is 0 Å². The van der Waals surface area contributed by atoms with Crippen molar-refractivity contribution in [2.24, 2.45) is 0 Å². The summed E-state index contributed by atoms with van der Waals surface area (Å²) in [5, 5.41) is 7.11. The zero-order valence-corrected chi connectivity index (χ0v) is 16.7. The molecule has 0 bridgehead atoms. The summed E-state index contributed by atoms with van der Waals surface area (Å²) < 4.78 is 10.3. The molecule has 0 aliphatic rings. The maximum Gasteiger partial charge on any atom is 0.326 e. The molecule has 0 saturated carbocycles. The van der Waals surface area contributed by atoms with E-state index in [9.17, 15) is 14.4 Å². The van der Waals surface area contributed by atoms with Crippen LogP contribution in [0, 0.1) is 0 Å². The third kappa shape index (κ3) is 4.94. The number of anilines is 1. The Balaban J connectivity index is 1.55. The predicted molar refractivity (Wildman–Crippen MR) is 113 cm³/mol. The lowest BCUT2D eigenvalue weighted by molar-refractivity contribution is -0.152. The first-order chi connectivity index (χ1) is 14.5. The molecule has 0 fully saturated rings. The van der Waals surface area contributed by atoms with E-state index in [4.69, 9.17) is 9.47 Å². The first-order valence-electron chi connectivity index (χ1n) is 9.39. The summed E-state index contributed by atoms with van der Waals surface area (Å²) in [5.41, 5.74) is 0.931. The average molecular weight is 406 g/mol. The highest BCUT2D eigenvalue weighted by Gasteiger charge is 2.20. The lowest BCUT2D eigenvalue weighted by Gasteiger charge is -2.15. The molecule has 0 radical (unpaired) electrons. The second kappa shape index (κ2) is 9.56. The smallest absolute Gasteiger partial charge is 0.326 e. The first kappa shape index (κ1) is 20.9. The standard InChI is InChI=1S/C23H22N2O5/c1-15(22(27)25-19-12-7-9-16-8-3-4-10-17(16)19)30-21(26)14-24-23(28)18-11-5-6-13-20(18)29-2/h3-13,15H,14H2,1-2H3,(H,24,28)(H,25,27)/t15-/m0/s1. The monoisotopic (exact) mass is 406 g/mol. The fourth-order valence-corrected chi connectivity index (χ4v) is 2.94. The van der Waals surface area contributed by atoms with E-state index in [0.29, 0.717) is 17.0 Å². The van der Waals surface area contributed by atoms with Gasteiger partial charge in [0.1, 0.15) is 12.3 Å². The van der Waals surface area contributed by atoms with Crippen LogP contribution < -0.4 is 15.4 Å². The van der Waals surface area contributed by atoms with E-state index in [1.165, 1.54) is 14.0 Å². The minimum Gasteiger partial charge on any atom is -0.496 e. The van der Waals surface area contributed by atoms with E-state index in [0.717, 1.165) is 10.8 Å². The van der Waals surface area contributed by atoms with Crippen LogP contribution in [0.25, 0.3) is 10.8 Å². The number of benzene rings is 3. The molecule has 7 nitrogen and oxygen atoms in total. The third-order valence-electron chi connectivity index (χ3n) is 4.47. The highest BCUT2D eigenvalue weighted by atomic mass is 16.5. The van der Waals surface area contributed by atoms with Gasteiger partial charge in [-0.15, -0.1) is 0 Å². The zero-order valence-electron chi connectivity index (χ0n) is 16.7. The molecule has 1 atom stereocenters. The van der Waals surface area contributed by atoms with Gasteiger partial charge < -0.3 is 20.1 Å². The van der Waals surface area contributed by atoms with Crippen LogP contribution in [0.2, 0.25) is 0 Å². The third-order valence-corrected chi connectivity index (χ3v) is 4.47. The number of ether oxygens (including phenoxy) is 2. The lowest BCUT2D eigenvalue weighted by Crippen LogP contribution is -2.36. The van der Waals surface area contributed by atoms with Crippen LogP contribution in [0.1, 0.15) is 17.3 Å². The Kier molecular flexibility index (Phi) is 6.64. The largest absolute Gasteiger partial charge is 0.496 e. The Morgan fingerprint density at radius 2 is 1.63 bits per heavy atom. The number of esters is 1. The van der Waals surface area contributed by atoms with E-state index >= 15 is 0 Å². The van der Waals surface area contributed by atoms with Crippen molar-refractivity contribution in [3.63, 3.8) is 0 Å². The molecule has 0 spiro atoms. The van der Waals surface area contributed by atoms with E-state index < -0.39 is 23.9 Å². The Morgan fingerprint density at radius 1 is 0.933 bits per heavy atom. The molecular weight excluding hydrogens is 384 g/mol. The van der Waals surface area contributed by atoms with Crippen LogP contribution in [-0.2, 0) is 14.3 Å². The highest BCUT2D eigenvalue weighted by molar-refractivity contribution is 6.04. The van der Waals surface area contributed by atoms with Gasteiger partial charge in [-0.05, 0) is 30.5 Å². The van der Waals surface area contributed by atoms with Gasteiger partial charge in [-0.1, -0.05) is 48.5 Å². The van der Waals surface area contributed by atoms with Gasteiger partial charge in [0.25, 0.3) is 11.8 Å². The molecule has 3 aromatic carbocycles. The molecule has 0 aromatic heterocycles. The van der Waals surface area contributed by atoms with Crippen molar-refractivity contribution in [2.45, 2.75) is 13.0 Å². The summed E-state index contributed by atoms with van der Waals surface area (Å²) >= 11 is 0. The number of hydrogen-bond acceptors (Lipinski definition) is 5. The minimum atomic E-state index is -1.03. The summed E-state index contributed by atoms with van der Waals surface area (Å²) in [4.78, 5) is 36.7. The fraction of sp³-hybridized carbons (Fsp3) is 0.174. The number of hydrogen-bond donors (Lipinski definition) is 2. The molecular formula is C23H22N2O5. The number of fused-ring (bicyclic) bond motifs is 1. The van der Waals surface area contributed by atoms with Gasteiger partial charge in [0.2, 0.25) is 0 Å². The number of carbonyl (C=O) groups is 3. The maximum atomic E-state index is 12.4. The molecule has 0 unspecified atom stereocenters. The summed E-state index contributed by atoms with van der Waals surface area (Å²) in [7, 11) is 1.45. The number of amides is 2. The molecule has 0 aliphatic carbocycles. The van der Waals surface area contributed by atoms with E-state index in [1.807, 2.05) is 36.4 Å². The quantitative estimate of drug-likeness (QED) is 0.588. The Morgan fingerprint density at radius 3 is 2.43 bits per heavy atom. The summed E-state index contributed by atoms with van der Waals surface area (Å²) in [6.45, 7) is 1.10. The van der Waals surface area contributed by atoms with E-state index in [1.54, 1.807) is 30.3 Å². The molecule has 30 heavy (non-hydrogen) atoms. The van der Waals surface area contributed by atoms with Crippen molar-refractivity contribution < 1.29 is 23.9 Å². The summed E-state index contributed by atoms with van der Waals surface area (Å²) in [6, 6.07) is 19.8. The average Bonchev–Trinajstić information content (AvgIpc) is 2.77. The van der Waals surface area contributed by atoms with Crippen molar-refractivity contribution in [3.05, 3.63) is 72.3 Å². The maximum absolute atomic E-state index is 12.4. The number of rotatable bonds is 7. The summed E-state index contributed by atoms with van der Waals surface area (Å²) in [6.07, 6.45) is -1.03. The van der Waals surface area contributed by atoms with Crippen molar-refractivity contribution in [2.75, 3.05) is 19.0 Å². The van der Waals surface area contributed by atoms with Crippen LogP contribution >= 0.6 is 0 Å². The van der Waals surface area contributed by atoms with Crippen LogP contribution in [0.15, 0.2) is 66.7 Å². The number of nitrogens with one attached hydrogen (secondary N) is 2. The van der Waals surface area contributed by atoms with Crippen LogP contribution in [0.5, 0.6) is 5.75 Å². The van der Waals surface area contributed by atoms with E-state index in [2.05, 4.69) is 10.6 Å². The number of methoxy groups -OCH3 is 1. The van der Waals surface area contributed by atoms with Crippen LogP contribution in [0.4, 0.5) is 5.69 Å². The molecule has 3 aromatic rings. The normalized spacial score (nSPS) is 11.4. The molecule has 3 rings (SSSR count). The topological polar surface area (TPSA) is 93.7 Å². The fourth-order valence-electron chi connectivity index (χ4n) is 2.94. The highest BCUT2D eigenvalue weighted by Crippen LogP contribution is 2.23. The second-order valence-corrected chi connectivity index (χ2v) is 6.53. The van der Waals surface area contributed by atoms with Gasteiger partial charge in [0, 0.05) is 11.1 Å². The second-order valence-electron chi connectivity index (χ2n) is 6.53. The number of carbonyl (C=O) groups excluding carboxylic acids is 3. The van der Waals surface area contributed by atoms with Crippen molar-refractivity contribution in [3.8, 4) is 5.75 Å². The van der Waals surface area contributed by atoms with Gasteiger partial charge in [-0.3, -0.25) is 14.4 Å². The minimum absolute atomic E-state index is 0.301. The van der Waals surface area contributed by atoms with Crippen LogP contribution in [-0.4, -0.2) is 37.5 Å². The van der Waals surface area contributed by atoms with E-state index in [-0.39, 0.29) is 6.54 Å². The molecule has 7 heteroatoms. The van der Waals surface area contributed by atoms with Gasteiger partial charge in [0.05, 0.1) is 12.7 Å². The zero-order chi connectivity index (χ0) is 21.5. The Bertz CT molecular complexity index is 1070. The van der Waals surface area contributed by atoms with Crippen molar-refractivity contribution in [1.82, 2.24) is 5.32 Å². The molecule has 0 aliphatic heterocycles. The van der Waals surface area contributed by atoms with Gasteiger partial charge in [-0.25, -0.2) is 0 Å². The molecule has 154 valence electrons. The Hall–Kier alpha value is -3.87. The summed E-state index contributed by atoms with van der Waals surface area (Å²) in [5.74, 6) is -1.27. The SMILES string of the molecule is COc1ccccc1C(=O)NCC(=O)O[C@@H](C)C(=O)Nc1cccc2ccccc12. The number of para-hydroxylation sites is 1. The van der Waals surface area contributed by atoms with Gasteiger partial charge in [0.15, 0.2) is 6.10 Å². The van der Waals surface area contributed by atoms with Crippen molar-refractivity contribution in [1.29, 1.82) is 0 Å². The lowest BCUT2D eigenvalue weighted by atomic mass is 10.1. The first-order valence-corrected chi connectivity index (χ1v) is 9.39. The molecule has 2 N–H and O–H groups in total. The van der Waals surface area contributed by atoms with Gasteiger partial charge >= 0.3 is 5.97 Å². The van der Waals surface area contributed by atoms with Crippen LogP contribution in [0.3, 0.4) is 0 Å². The molecule has 2 amide bonds. The molecule has 0 saturated heterocycles. The Labute approximate surface area is 174 Å².